The molecule has 0 spiro atoms. The fraction of sp³-hybridized carbons (Fsp3) is 0.217. The number of nitrogens with one attached hydrogen (secondary N) is 2. The lowest BCUT2D eigenvalue weighted by molar-refractivity contribution is 0.257. The molecule has 31 heavy (non-hydrogen) atoms. The van der Waals surface area contributed by atoms with Gasteiger partial charge in [-0.1, -0.05) is 0 Å². The normalized spacial score (nSPS) is 13.4. The first-order valence-electron chi connectivity index (χ1n) is 10.3. The van der Waals surface area contributed by atoms with Gasteiger partial charge in [0, 0.05) is 54.9 Å². The van der Waals surface area contributed by atoms with E-state index in [1.54, 1.807) is 15.8 Å². The molecule has 1 aliphatic rings. The van der Waals surface area contributed by atoms with Gasteiger partial charge in [0.15, 0.2) is 5.82 Å². The van der Waals surface area contributed by atoms with Gasteiger partial charge >= 0.3 is 6.03 Å². The van der Waals surface area contributed by atoms with Crippen molar-refractivity contribution in [1.82, 2.24) is 19.7 Å². The molecule has 0 atom stereocenters. The zero-order valence-electron chi connectivity index (χ0n) is 17.5. The number of aryl methyl sites for hydroxylation is 2. The van der Waals surface area contributed by atoms with E-state index in [2.05, 4.69) is 20.7 Å². The Kier molecular flexibility index (Phi) is 4.74. The van der Waals surface area contributed by atoms with Crippen molar-refractivity contribution in [1.29, 1.82) is 0 Å². The summed E-state index contributed by atoms with van der Waals surface area (Å²) in [6.07, 6.45) is 4.53. The van der Waals surface area contributed by atoms with Crippen LogP contribution in [0.15, 0.2) is 54.9 Å². The van der Waals surface area contributed by atoms with Crippen molar-refractivity contribution in [2.75, 3.05) is 28.6 Å². The summed E-state index contributed by atoms with van der Waals surface area (Å²) >= 11 is 0. The van der Waals surface area contributed by atoms with Crippen molar-refractivity contribution in [3.8, 4) is 11.3 Å². The van der Waals surface area contributed by atoms with E-state index in [0.717, 1.165) is 52.2 Å². The van der Waals surface area contributed by atoms with Gasteiger partial charge in [0.05, 0.1) is 16.9 Å². The largest absolute Gasteiger partial charge is 0.382 e. The van der Waals surface area contributed by atoms with E-state index in [0.29, 0.717) is 12.4 Å². The summed E-state index contributed by atoms with van der Waals surface area (Å²) in [7, 11) is 1.88. The average Bonchev–Trinajstić information content (AvgIpc) is 2.99. The Bertz CT molecular complexity index is 1280. The molecule has 2 amide bonds. The highest BCUT2D eigenvalue weighted by Gasteiger charge is 2.23. The van der Waals surface area contributed by atoms with E-state index in [1.807, 2.05) is 62.6 Å². The molecule has 0 radical (unpaired) electrons. The fourth-order valence-electron chi connectivity index (χ4n) is 3.84. The summed E-state index contributed by atoms with van der Waals surface area (Å²) in [5.41, 5.74) is 5.18. The topological polar surface area (TPSA) is 88.0 Å². The van der Waals surface area contributed by atoms with E-state index in [9.17, 15) is 4.79 Å². The number of urea groups is 1. The summed E-state index contributed by atoms with van der Waals surface area (Å²) < 4.78 is 1.76. The number of benzene rings is 1. The summed E-state index contributed by atoms with van der Waals surface area (Å²) in [6.45, 7) is 3.31. The molecular weight excluding hydrogens is 390 g/mol. The highest BCUT2D eigenvalue weighted by molar-refractivity contribution is 6.04. The summed E-state index contributed by atoms with van der Waals surface area (Å²) in [5, 5.41) is 11.8. The lowest BCUT2D eigenvalue weighted by Crippen LogP contribution is -2.36. The van der Waals surface area contributed by atoms with Gasteiger partial charge in [-0.2, -0.15) is 5.10 Å². The van der Waals surface area contributed by atoms with Crippen molar-refractivity contribution < 1.29 is 4.79 Å². The minimum absolute atomic E-state index is 0.205. The molecular formula is C23H23N7O. The number of carbonyl (C=O) groups excluding carboxylic acids is 1. The smallest absolute Gasteiger partial charge is 0.327 e. The van der Waals surface area contributed by atoms with Crippen molar-refractivity contribution in [3.05, 3.63) is 60.6 Å². The Morgan fingerprint density at radius 1 is 1.16 bits per heavy atom. The minimum atomic E-state index is -0.205. The lowest BCUT2D eigenvalue weighted by Gasteiger charge is -2.22. The molecule has 8 heteroatoms. The van der Waals surface area contributed by atoms with Crippen molar-refractivity contribution in [3.63, 3.8) is 0 Å². The number of nitrogens with zero attached hydrogens (tertiary/aromatic N) is 5. The minimum Gasteiger partial charge on any atom is -0.382 e. The molecule has 5 rings (SSSR count). The number of fused-ring (bicyclic) bond motifs is 2. The van der Waals surface area contributed by atoms with Crippen LogP contribution < -0.4 is 15.5 Å². The number of aromatic nitrogens is 4. The van der Waals surface area contributed by atoms with E-state index >= 15 is 0 Å². The highest BCUT2D eigenvalue weighted by atomic mass is 16.2. The molecule has 0 saturated heterocycles. The fourth-order valence-corrected chi connectivity index (χ4v) is 3.84. The molecule has 2 N–H and O–H groups in total. The van der Waals surface area contributed by atoms with E-state index in [4.69, 9.17) is 4.98 Å². The van der Waals surface area contributed by atoms with Gasteiger partial charge in [0.2, 0.25) is 0 Å². The predicted molar refractivity (Wildman–Crippen MR) is 122 cm³/mol. The van der Waals surface area contributed by atoms with E-state index < -0.39 is 0 Å². The zero-order valence-corrected chi connectivity index (χ0v) is 17.5. The van der Waals surface area contributed by atoms with Gasteiger partial charge in [-0.05, 0) is 55.8 Å². The maximum atomic E-state index is 13.2. The maximum absolute atomic E-state index is 13.2. The van der Waals surface area contributed by atoms with Crippen LogP contribution in [0.4, 0.5) is 22.0 Å². The number of anilines is 3. The second-order valence-corrected chi connectivity index (χ2v) is 7.69. The zero-order chi connectivity index (χ0) is 21.4. The number of hydrogen-bond acceptors (Lipinski definition) is 5. The number of hydrogen-bond donors (Lipinski definition) is 2. The molecule has 156 valence electrons. The van der Waals surface area contributed by atoms with Crippen LogP contribution in [0.5, 0.6) is 0 Å². The molecule has 1 aliphatic heterocycles. The van der Waals surface area contributed by atoms with E-state index in [1.165, 1.54) is 0 Å². The van der Waals surface area contributed by atoms with Gasteiger partial charge in [-0.25, -0.2) is 9.78 Å². The first-order valence-corrected chi connectivity index (χ1v) is 10.3. The van der Waals surface area contributed by atoms with Crippen LogP contribution in [0.3, 0.4) is 0 Å². The Morgan fingerprint density at radius 3 is 2.94 bits per heavy atom. The molecule has 3 aromatic heterocycles. The number of rotatable bonds is 2. The van der Waals surface area contributed by atoms with Crippen LogP contribution in [0.2, 0.25) is 0 Å². The van der Waals surface area contributed by atoms with Crippen LogP contribution in [-0.4, -0.2) is 38.9 Å². The average molecular weight is 413 g/mol. The van der Waals surface area contributed by atoms with Gasteiger partial charge in [0.25, 0.3) is 0 Å². The standard InChI is InChI=1S/C23H23N7O/c1-15-12-16(8-10-24-15)19-6-7-21-22(27-19)30(11-3-9-25-21)23(31)26-18-4-5-20-17(13-18)14-29(2)28-20/h4-8,10,12-14,25H,3,9,11H2,1-2H3,(H,26,31). The third kappa shape index (κ3) is 3.79. The summed E-state index contributed by atoms with van der Waals surface area (Å²) in [4.78, 5) is 24.1. The van der Waals surface area contributed by atoms with E-state index in [-0.39, 0.29) is 6.03 Å². The molecule has 0 fully saturated rings. The Labute approximate surface area is 179 Å². The number of pyridine rings is 2. The first-order chi connectivity index (χ1) is 15.1. The molecule has 4 heterocycles. The maximum Gasteiger partial charge on any atom is 0.327 e. The molecule has 0 saturated carbocycles. The van der Waals surface area contributed by atoms with Crippen LogP contribution >= 0.6 is 0 Å². The van der Waals surface area contributed by atoms with Crippen LogP contribution in [0.25, 0.3) is 22.2 Å². The Balaban J connectivity index is 1.47. The molecule has 0 unspecified atom stereocenters. The second kappa shape index (κ2) is 7.71. The molecule has 4 aromatic rings. The van der Waals surface area contributed by atoms with Crippen LogP contribution in [0, 0.1) is 6.92 Å². The first kappa shape index (κ1) is 19.0. The predicted octanol–water partition coefficient (Wildman–Crippen LogP) is 4.19. The van der Waals surface area contributed by atoms with Crippen LogP contribution in [0.1, 0.15) is 12.1 Å². The third-order valence-electron chi connectivity index (χ3n) is 5.31. The lowest BCUT2D eigenvalue weighted by atomic mass is 10.1. The highest BCUT2D eigenvalue weighted by Crippen LogP contribution is 2.31. The third-order valence-corrected chi connectivity index (χ3v) is 5.31. The quantitative estimate of drug-likeness (QED) is 0.514. The van der Waals surface area contributed by atoms with Crippen molar-refractivity contribution in [2.24, 2.45) is 7.05 Å². The van der Waals surface area contributed by atoms with Crippen LogP contribution in [-0.2, 0) is 7.05 Å². The van der Waals surface area contributed by atoms with Crippen molar-refractivity contribution in [2.45, 2.75) is 13.3 Å². The van der Waals surface area contributed by atoms with Crippen molar-refractivity contribution >= 4 is 34.1 Å². The Morgan fingerprint density at radius 2 is 2.06 bits per heavy atom. The molecule has 8 nitrogen and oxygen atoms in total. The van der Waals surface area contributed by atoms with Gasteiger partial charge in [-0.15, -0.1) is 0 Å². The Hall–Kier alpha value is -3.94. The second-order valence-electron chi connectivity index (χ2n) is 7.69. The van der Waals surface area contributed by atoms with Gasteiger partial charge in [-0.3, -0.25) is 14.6 Å². The molecule has 0 aliphatic carbocycles. The summed E-state index contributed by atoms with van der Waals surface area (Å²) in [6, 6.07) is 13.4. The molecule has 1 aromatic carbocycles. The SMILES string of the molecule is Cc1cc(-c2ccc3c(n2)N(C(=O)Nc2ccc4nn(C)cc4c2)CCCN3)ccn1. The summed E-state index contributed by atoms with van der Waals surface area (Å²) in [5.74, 6) is 0.629. The number of carbonyl (C=O) groups is 1. The van der Waals surface area contributed by atoms with Gasteiger partial charge in [0.1, 0.15) is 0 Å². The molecule has 0 bridgehead atoms. The van der Waals surface area contributed by atoms with Gasteiger partial charge < -0.3 is 10.6 Å². The number of amides is 2. The monoisotopic (exact) mass is 413 g/mol.